The molecule has 1 heterocycles. The SMILES string of the molecule is CCCC(C(=O)O)N1CCOCC1C(=O)NCC. The van der Waals surface area contributed by atoms with E-state index in [9.17, 15) is 14.7 Å². The monoisotopic (exact) mass is 258 g/mol. The molecule has 1 aliphatic heterocycles. The van der Waals surface area contributed by atoms with E-state index in [-0.39, 0.29) is 12.5 Å². The van der Waals surface area contributed by atoms with E-state index in [1.807, 2.05) is 13.8 Å². The van der Waals surface area contributed by atoms with Crippen molar-refractivity contribution in [1.29, 1.82) is 0 Å². The molecule has 0 aromatic rings. The number of rotatable bonds is 6. The number of hydrogen-bond donors (Lipinski definition) is 2. The summed E-state index contributed by atoms with van der Waals surface area (Å²) in [5, 5.41) is 12.0. The quantitative estimate of drug-likeness (QED) is 0.705. The number of carboxylic acids is 1. The van der Waals surface area contributed by atoms with E-state index in [4.69, 9.17) is 4.74 Å². The van der Waals surface area contributed by atoms with Crippen LogP contribution < -0.4 is 5.32 Å². The highest BCUT2D eigenvalue weighted by Crippen LogP contribution is 2.16. The van der Waals surface area contributed by atoms with Crippen molar-refractivity contribution in [2.45, 2.75) is 38.8 Å². The van der Waals surface area contributed by atoms with Gasteiger partial charge >= 0.3 is 5.97 Å². The summed E-state index contributed by atoms with van der Waals surface area (Å²) in [6.45, 7) is 5.54. The van der Waals surface area contributed by atoms with E-state index < -0.39 is 18.1 Å². The van der Waals surface area contributed by atoms with Crippen LogP contribution in [0.4, 0.5) is 0 Å². The minimum Gasteiger partial charge on any atom is -0.480 e. The highest BCUT2D eigenvalue weighted by atomic mass is 16.5. The zero-order chi connectivity index (χ0) is 13.5. The van der Waals surface area contributed by atoms with Crippen molar-refractivity contribution in [3.8, 4) is 0 Å². The Balaban J connectivity index is 2.79. The maximum absolute atomic E-state index is 11.9. The first-order valence-electron chi connectivity index (χ1n) is 6.45. The van der Waals surface area contributed by atoms with Crippen LogP contribution in [-0.2, 0) is 14.3 Å². The molecule has 1 aliphatic rings. The molecule has 2 unspecified atom stereocenters. The molecule has 0 aliphatic carbocycles. The highest BCUT2D eigenvalue weighted by Gasteiger charge is 2.36. The van der Waals surface area contributed by atoms with Crippen LogP contribution in [0.3, 0.4) is 0 Å². The molecule has 1 rings (SSSR count). The van der Waals surface area contributed by atoms with E-state index in [2.05, 4.69) is 5.32 Å². The molecule has 104 valence electrons. The normalized spacial score (nSPS) is 22.4. The lowest BCUT2D eigenvalue weighted by atomic mass is 10.1. The van der Waals surface area contributed by atoms with Crippen LogP contribution in [0.1, 0.15) is 26.7 Å². The lowest BCUT2D eigenvalue weighted by molar-refractivity contribution is -0.151. The fourth-order valence-corrected chi connectivity index (χ4v) is 2.21. The summed E-state index contributed by atoms with van der Waals surface area (Å²) in [4.78, 5) is 25.0. The average molecular weight is 258 g/mol. The Morgan fingerprint density at radius 2 is 2.22 bits per heavy atom. The average Bonchev–Trinajstić information content (AvgIpc) is 2.36. The van der Waals surface area contributed by atoms with Gasteiger partial charge in [0.05, 0.1) is 13.2 Å². The van der Waals surface area contributed by atoms with Gasteiger partial charge in [0.25, 0.3) is 0 Å². The highest BCUT2D eigenvalue weighted by molar-refractivity contribution is 5.83. The molecule has 0 radical (unpaired) electrons. The summed E-state index contributed by atoms with van der Waals surface area (Å²) in [5.41, 5.74) is 0. The molecule has 6 heteroatoms. The maximum Gasteiger partial charge on any atom is 0.320 e. The molecule has 1 amide bonds. The van der Waals surface area contributed by atoms with Crippen LogP contribution in [0.25, 0.3) is 0 Å². The number of hydrogen-bond acceptors (Lipinski definition) is 4. The summed E-state index contributed by atoms with van der Waals surface area (Å²) in [6.07, 6.45) is 1.32. The van der Waals surface area contributed by atoms with Crippen LogP contribution in [0.15, 0.2) is 0 Å². The Labute approximate surface area is 107 Å². The van der Waals surface area contributed by atoms with Gasteiger partial charge in [0.1, 0.15) is 12.1 Å². The van der Waals surface area contributed by atoms with Gasteiger partial charge in [-0.1, -0.05) is 13.3 Å². The first-order valence-corrected chi connectivity index (χ1v) is 6.45. The third-order valence-corrected chi connectivity index (χ3v) is 3.07. The van der Waals surface area contributed by atoms with Gasteiger partial charge in [0.15, 0.2) is 0 Å². The summed E-state index contributed by atoms with van der Waals surface area (Å²) < 4.78 is 5.29. The topological polar surface area (TPSA) is 78.9 Å². The summed E-state index contributed by atoms with van der Waals surface area (Å²) in [5.74, 6) is -1.02. The van der Waals surface area contributed by atoms with Gasteiger partial charge in [0, 0.05) is 13.1 Å². The Hall–Kier alpha value is -1.14. The number of nitrogens with one attached hydrogen (secondary N) is 1. The Kier molecular flexibility index (Phi) is 6.07. The number of carboxylic acid groups (broad SMARTS) is 1. The second kappa shape index (κ2) is 7.33. The van der Waals surface area contributed by atoms with Crippen LogP contribution >= 0.6 is 0 Å². The number of carbonyl (C=O) groups is 2. The van der Waals surface area contributed by atoms with Gasteiger partial charge in [-0.2, -0.15) is 0 Å². The van der Waals surface area contributed by atoms with Crippen LogP contribution in [0.2, 0.25) is 0 Å². The smallest absolute Gasteiger partial charge is 0.320 e. The van der Waals surface area contributed by atoms with Crippen molar-refractivity contribution in [2.24, 2.45) is 0 Å². The molecule has 0 spiro atoms. The molecule has 0 aromatic heterocycles. The van der Waals surface area contributed by atoms with E-state index in [1.165, 1.54) is 0 Å². The fraction of sp³-hybridized carbons (Fsp3) is 0.833. The number of amides is 1. The number of morpholine rings is 1. The number of likely N-dealkylation sites (N-methyl/N-ethyl adjacent to an activating group) is 1. The molecular formula is C12H22N2O4. The van der Waals surface area contributed by atoms with Crippen LogP contribution in [0.5, 0.6) is 0 Å². The van der Waals surface area contributed by atoms with Crippen LogP contribution in [0, 0.1) is 0 Å². The molecule has 2 atom stereocenters. The standard InChI is InChI=1S/C12H22N2O4/c1-3-5-9(12(16)17)14-6-7-18-8-10(14)11(15)13-4-2/h9-10H,3-8H2,1-2H3,(H,13,15)(H,16,17). The first kappa shape index (κ1) is 14.9. The Bertz CT molecular complexity index is 296. The van der Waals surface area contributed by atoms with Crippen molar-refractivity contribution in [3.63, 3.8) is 0 Å². The minimum absolute atomic E-state index is 0.153. The van der Waals surface area contributed by atoms with Gasteiger partial charge in [0.2, 0.25) is 5.91 Å². The van der Waals surface area contributed by atoms with E-state index in [0.717, 1.165) is 6.42 Å². The molecule has 1 fully saturated rings. The molecule has 0 bridgehead atoms. The van der Waals surface area contributed by atoms with Gasteiger partial charge in [-0.05, 0) is 13.3 Å². The fourth-order valence-electron chi connectivity index (χ4n) is 2.21. The third-order valence-electron chi connectivity index (χ3n) is 3.07. The van der Waals surface area contributed by atoms with Crippen molar-refractivity contribution < 1.29 is 19.4 Å². The Morgan fingerprint density at radius 3 is 2.78 bits per heavy atom. The summed E-state index contributed by atoms with van der Waals surface area (Å²) >= 11 is 0. The van der Waals surface area contributed by atoms with Crippen molar-refractivity contribution in [2.75, 3.05) is 26.3 Å². The molecule has 6 nitrogen and oxygen atoms in total. The van der Waals surface area contributed by atoms with Gasteiger partial charge < -0.3 is 15.2 Å². The predicted octanol–water partition coefficient (Wildman–Crippen LogP) is 0.0766. The van der Waals surface area contributed by atoms with Crippen molar-refractivity contribution in [1.82, 2.24) is 10.2 Å². The van der Waals surface area contributed by atoms with Gasteiger partial charge in [-0.15, -0.1) is 0 Å². The maximum atomic E-state index is 11.9. The lowest BCUT2D eigenvalue weighted by Gasteiger charge is -2.38. The van der Waals surface area contributed by atoms with Crippen molar-refractivity contribution in [3.05, 3.63) is 0 Å². The lowest BCUT2D eigenvalue weighted by Crippen LogP contribution is -2.59. The number of carbonyl (C=O) groups excluding carboxylic acids is 1. The number of nitrogens with zero attached hydrogens (tertiary/aromatic N) is 1. The molecule has 18 heavy (non-hydrogen) atoms. The van der Waals surface area contributed by atoms with E-state index >= 15 is 0 Å². The molecular weight excluding hydrogens is 236 g/mol. The van der Waals surface area contributed by atoms with Gasteiger partial charge in [-0.3, -0.25) is 14.5 Å². The van der Waals surface area contributed by atoms with E-state index in [0.29, 0.717) is 26.1 Å². The van der Waals surface area contributed by atoms with Crippen LogP contribution in [-0.4, -0.2) is 60.3 Å². The predicted molar refractivity (Wildman–Crippen MR) is 66.3 cm³/mol. The molecule has 0 aromatic carbocycles. The van der Waals surface area contributed by atoms with Crippen molar-refractivity contribution >= 4 is 11.9 Å². The second-order valence-electron chi connectivity index (χ2n) is 4.37. The molecule has 2 N–H and O–H groups in total. The Morgan fingerprint density at radius 1 is 1.50 bits per heavy atom. The number of aliphatic carboxylic acids is 1. The number of ether oxygens (including phenoxy) is 1. The molecule has 1 saturated heterocycles. The molecule has 0 saturated carbocycles. The third kappa shape index (κ3) is 3.68. The zero-order valence-electron chi connectivity index (χ0n) is 11.0. The summed E-state index contributed by atoms with van der Waals surface area (Å²) in [7, 11) is 0. The minimum atomic E-state index is -0.868. The van der Waals surface area contributed by atoms with Gasteiger partial charge in [-0.25, -0.2) is 0 Å². The summed E-state index contributed by atoms with van der Waals surface area (Å²) in [6, 6.07) is -1.10. The largest absolute Gasteiger partial charge is 0.480 e. The van der Waals surface area contributed by atoms with E-state index in [1.54, 1.807) is 4.90 Å². The zero-order valence-corrected chi connectivity index (χ0v) is 11.0. The first-order chi connectivity index (χ1) is 8.61. The second-order valence-corrected chi connectivity index (χ2v) is 4.37.